The fourth-order valence-corrected chi connectivity index (χ4v) is 19.9. The van der Waals surface area contributed by atoms with Gasteiger partial charge in [-0.3, -0.25) is 0 Å². The standard InChI is InChI=1S/C65H90O5Se5/c1-61(2,3)51-21-41-31-71-33-43-23-52(62(4,5)6)25-45(57(43)67-17)35-73-37-47-27-54(64(10,11)12)29-49(59(47)69-19)39-75-40-50-30-55(65(13,14)15)28-48(60(50)70-20)38-74-36-46-26-53(63(7,8)9)24-44(58(46)68-18)34-72-32-42(22-51)56(41)66-16/h21-30H,31-40H2,1-20H3. The van der Waals surface area contributed by atoms with E-state index in [0.717, 1.165) is 81.9 Å². The summed E-state index contributed by atoms with van der Waals surface area (Å²) in [6.07, 6.45) is 0. The summed E-state index contributed by atoms with van der Waals surface area (Å²) in [4.78, 5) is 0. The molecule has 10 heteroatoms. The zero-order chi connectivity index (χ0) is 55.3. The molecule has 5 nitrogen and oxygen atoms in total. The normalized spacial score (nSPS) is 15.2. The maximum atomic E-state index is 6.43. The quantitative estimate of drug-likeness (QED) is 0.164. The van der Waals surface area contributed by atoms with Crippen molar-refractivity contribution in [1.29, 1.82) is 0 Å². The van der Waals surface area contributed by atoms with Crippen molar-refractivity contribution in [3.8, 4) is 28.7 Å². The van der Waals surface area contributed by atoms with Gasteiger partial charge in [-0.2, -0.15) is 0 Å². The fraction of sp³-hybridized carbons (Fsp3) is 0.538. The van der Waals surface area contributed by atoms with Crippen molar-refractivity contribution < 1.29 is 23.7 Å². The first-order valence-corrected chi connectivity index (χ1v) is 38.6. The Morgan fingerprint density at radius 3 is 0.413 bits per heavy atom. The average molecular weight is 1350 g/mol. The predicted molar refractivity (Wildman–Crippen MR) is 324 cm³/mol. The minimum absolute atomic E-state index is 0.00857. The van der Waals surface area contributed by atoms with Crippen LogP contribution in [0.25, 0.3) is 0 Å². The number of fused-ring (bicyclic) bond motifs is 10. The molecule has 10 bridgehead atoms. The van der Waals surface area contributed by atoms with E-state index in [9.17, 15) is 0 Å². The Hall–Kier alpha value is -2.30. The van der Waals surface area contributed by atoms with Crippen LogP contribution < -0.4 is 23.7 Å². The minimum atomic E-state index is 0.00857. The molecule has 75 heavy (non-hydrogen) atoms. The summed E-state index contributed by atoms with van der Waals surface area (Å²) in [5, 5.41) is 9.96. The monoisotopic (exact) mass is 1350 g/mol. The summed E-state index contributed by atoms with van der Waals surface area (Å²) >= 11 is 1.38. The van der Waals surface area contributed by atoms with Crippen molar-refractivity contribution >= 4 is 74.8 Å². The van der Waals surface area contributed by atoms with Crippen molar-refractivity contribution in [1.82, 2.24) is 0 Å². The van der Waals surface area contributed by atoms with E-state index in [0.29, 0.717) is 0 Å². The molecular formula is C65H90O5Se5. The van der Waals surface area contributed by atoms with Gasteiger partial charge in [-0.25, -0.2) is 0 Å². The molecule has 0 radical (unpaired) electrons. The molecule has 410 valence electrons. The summed E-state index contributed by atoms with van der Waals surface area (Å²) in [6.45, 7) is 35.2. The van der Waals surface area contributed by atoms with Crippen LogP contribution in [0, 0.1) is 0 Å². The number of hydrogen-bond acceptors (Lipinski definition) is 5. The molecular weight excluding hydrogens is 1260 g/mol. The van der Waals surface area contributed by atoms with E-state index < -0.39 is 0 Å². The first kappa shape index (κ1) is 61.9. The second-order valence-corrected chi connectivity index (χ2v) is 35.7. The van der Waals surface area contributed by atoms with Gasteiger partial charge in [0.15, 0.2) is 0 Å². The zero-order valence-corrected chi connectivity index (χ0v) is 58.0. The molecule has 0 saturated heterocycles. The van der Waals surface area contributed by atoms with Gasteiger partial charge in [-0.05, 0) is 0 Å². The summed E-state index contributed by atoms with van der Waals surface area (Å²) < 4.78 is 32.2. The van der Waals surface area contributed by atoms with E-state index in [1.807, 2.05) is 35.5 Å². The van der Waals surface area contributed by atoms with Crippen LogP contribution in [0.4, 0.5) is 0 Å². The molecule has 0 fully saturated rings. The van der Waals surface area contributed by atoms with E-state index in [-0.39, 0.29) is 102 Å². The number of hydrogen-bond donors (Lipinski definition) is 0. The van der Waals surface area contributed by atoms with Crippen LogP contribution in [0.1, 0.15) is 187 Å². The average Bonchev–Trinajstić information content (AvgIpc) is 3.31. The van der Waals surface area contributed by atoms with Gasteiger partial charge in [0.2, 0.25) is 0 Å². The van der Waals surface area contributed by atoms with Gasteiger partial charge in [0, 0.05) is 0 Å². The van der Waals surface area contributed by atoms with Gasteiger partial charge in [-0.15, -0.1) is 0 Å². The summed E-state index contributed by atoms with van der Waals surface area (Å²) in [7, 11) is 9.40. The third kappa shape index (κ3) is 16.0. The number of rotatable bonds is 5. The van der Waals surface area contributed by atoms with Crippen LogP contribution in [0.3, 0.4) is 0 Å². The third-order valence-electron chi connectivity index (χ3n) is 14.1. The van der Waals surface area contributed by atoms with Gasteiger partial charge < -0.3 is 0 Å². The Labute approximate surface area is 486 Å². The molecule has 0 spiro atoms. The van der Waals surface area contributed by atoms with Crippen LogP contribution in [-0.2, 0) is 80.3 Å². The van der Waals surface area contributed by atoms with Crippen molar-refractivity contribution in [3.63, 3.8) is 0 Å². The molecule has 1 heterocycles. The Kier molecular flexibility index (Phi) is 21.4. The zero-order valence-electron chi connectivity index (χ0n) is 49.4. The molecule has 0 N–H and O–H groups in total. The maximum absolute atomic E-state index is 6.43. The molecule has 0 aliphatic carbocycles. The van der Waals surface area contributed by atoms with Gasteiger partial charge in [0.1, 0.15) is 0 Å². The molecule has 0 saturated carbocycles. The van der Waals surface area contributed by atoms with Gasteiger partial charge >= 0.3 is 491 Å². The molecule has 5 aromatic carbocycles. The molecule has 0 aromatic heterocycles. The molecule has 1 aliphatic heterocycles. The van der Waals surface area contributed by atoms with Crippen molar-refractivity contribution in [3.05, 3.63) is 144 Å². The van der Waals surface area contributed by atoms with Crippen molar-refractivity contribution in [2.24, 2.45) is 0 Å². The molecule has 1 aliphatic rings. The molecule has 6 rings (SSSR count). The Morgan fingerprint density at radius 1 is 0.227 bits per heavy atom. The summed E-state index contributed by atoms with van der Waals surface area (Å²) in [5.74, 6) is 5.39. The van der Waals surface area contributed by atoms with Crippen LogP contribution in [0.5, 0.6) is 28.7 Å². The SMILES string of the molecule is COc1c2cc(C(C)(C)C)cc1C[Se]Cc1cc(C(C)(C)C)cc(c1OC)C[Se]Cc1cc(C(C)(C)C)cc(c1OC)C[Se]Cc1cc(C(C)(C)C)cc(c1OC)C[Se]Cc1cc(C(C)(C)C)cc(c1OC)C[Se]C2. The van der Waals surface area contributed by atoms with E-state index >= 15 is 0 Å². The summed E-state index contributed by atoms with van der Waals surface area (Å²) in [6, 6.07) is 24.5. The van der Waals surface area contributed by atoms with E-state index in [2.05, 4.69) is 165 Å². The Morgan fingerprint density at radius 2 is 0.333 bits per heavy atom. The number of methoxy groups -OCH3 is 5. The van der Waals surface area contributed by atoms with E-state index in [1.165, 1.54) is 83.5 Å². The van der Waals surface area contributed by atoms with E-state index in [1.54, 1.807) is 0 Å². The molecule has 0 unspecified atom stereocenters. The number of benzene rings is 5. The van der Waals surface area contributed by atoms with Crippen LogP contribution in [0.15, 0.2) is 60.7 Å². The Balaban J connectivity index is 1.49. The van der Waals surface area contributed by atoms with Crippen molar-refractivity contribution in [2.45, 2.75) is 184 Å². The first-order chi connectivity index (χ1) is 35.1. The second-order valence-electron chi connectivity index (χ2n) is 25.4. The van der Waals surface area contributed by atoms with Gasteiger partial charge in [0.05, 0.1) is 0 Å². The van der Waals surface area contributed by atoms with Crippen LogP contribution >= 0.6 is 0 Å². The first-order valence-electron chi connectivity index (χ1n) is 26.5. The van der Waals surface area contributed by atoms with Crippen LogP contribution in [0.2, 0.25) is 0 Å². The van der Waals surface area contributed by atoms with Gasteiger partial charge in [-0.1, -0.05) is 0 Å². The van der Waals surface area contributed by atoms with Crippen molar-refractivity contribution in [2.75, 3.05) is 35.5 Å². The molecule has 0 amide bonds. The van der Waals surface area contributed by atoms with E-state index in [4.69, 9.17) is 23.7 Å². The van der Waals surface area contributed by atoms with Gasteiger partial charge in [0.25, 0.3) is 0 Å². The fourth-order valence-electron chi connectivity index (χ4n) is 9.67. The molecule has 5 aromatic rings. The second kappa shape index (κ2) is 25.9. The predicted octanol–water partition coefficient (Wildman–Crippen LogP) is 13.6. The number of ether oxygens (including phenoxy) is 5. The Bertz CT molecular complexity index is 2200. The third-order valence-corrected chi connectivity index (χ3v) is 24.9. The summed E-state index contributed by atoms with van der Waals surface area (Å²) in [5.41, 5.74) is 20.3. The van der Waals surface area contributed by atoms with Crippen LogP contribution in [-0.4, -0.2) is 110 Å². The molecule has 0 atom stereocenters. The topological polar surface area (TPSA) is 46.2 Å².